The lowest BCUT2D eigenvalue weighted by molar-refractivity contribution is -0.127. The molecule has 0 spiro atoms. The average Bonchev–Trinajstić information content (AvgIpc) is 3.02. The van der Waals surface area contributed by atoms with Crippen molar-refractivity contribution in [2.24, 2.45) is 0 Å². The Kier molecular flexibility index (Phi) is 5.88. The highest BCUT2D eigenvalue weighted by Gasteiger charge is 2.14. The molecule has 2 heterocycles. The first-order valence-electron chi connectivity index (χ1n) is 9.05. The summed E-state index contributed by atoms with van der Waals surface area (Å²) in [7, 11) is 0. The first-order valence-corrected chi connectivity index (χ1v) is 9.05. The van der Waals surface area contributed by atoms with Crippen LogP contribution in [0.3, 0.4) is 0 Å². The van der Waals surface area contributed by atoms with Crippen molar-refractivity contribution in [2.75, 3.05) is 6.54 Å². The third-order valence-electron chi connectivity index (χ3n) is 4.13. The number of amides is 1. The number of nitrogens with zero attached hydrogens (tertiary/aromatic N) is 4. The molecule has 8 heteroatoms. The Balaban J connectivity index is 1.60. The molecule has 0 saturated carbocycles. The topological polar surface area (TPSA) is 91.0 Å². The maximum atomic E-state index is 12.2. The van der Waals surface area contributed by atoms with Crippen molar-refractivity contribution < 1.29 is 9.53 Å². The molecule has 0 bridgehead atoms. The molecule has 0 fully saturated rings. The van der Waals surface area contributed by atoms with Crippen LogP contribution in [0.4, 0.5) is 0 Å². The number of para-hydroxylation sites is 1. The van der Waals surface area contributed by atoms with E-state index in [4.69, 9.17) is 4.74 Å². The van der Waals surface area contributed by atoms with Crippen LogP contribution in [-0.2, 0) is 11.3 Å². The van der Waals surface area contributed by atoms with E-state index in [1.807, 2.05) is 38.1 Å². The Hall–Kier alpha value is -3.42. The van der Waals surface area contributed by atoms with Gasteiger partial charge in [0.2, 0.25) is 0 Å². The predicted octanol–water partition coefficient (Wildman–Crippen LogP) is 1.63. The van der Waals surface area contributed by atoms with Crippen molar-refractivity contribution in [3.8, 4) is 11.6 Å². The van der Waals surface area contributed by atoms with E-state index >= 15 is 0 Å². The minimum atomic E-state index is -0.645. The van der Waals surface area contributed by atoms with Crippen molar-refractivity contribution in [2.45, 2.75) is 33.4 Å². The van der Waals surface area contributed by atoms with Crippen LogP contribution in [0.15, 0.2) is 53.3 Å². The summed E-state index contributed by atoms with van der Waals surface area (Å²) in [5.41, 5.74) is 1.56. The highest BCUT2D eigenvalue weighted by Crippen LogP contribution is 2.10. The van der Waals surface area contributed by atoms with Crippen molar-refractivity contribution >= 4 is 5.91 Å². The van der Waals surface area contributed by atoms with Crippen LogP contribution < -0.4 is 15.6 Å². The summed E-state index contributed by atoms with van der Waals surface area (Å²) in [5.74, 6) is 0.921. The van der Waals surface area contributed by atoms with Crippen LogP contribution in [-0.4, -0.2) is 38.1 Å². The minimum Gasteiger partial charge on any atom is -0.481 e. The van der Waals surface area contributed by atoms with Crippen molar-refractivity contribution in [1.82, 2.24) is 24.9 Å². The molecule has 3 rings (SSSR count). The predicted molar refractivity (Wildman–Crippen MR) is 105 cm³/mol. The van der Waals surface area contributed by atoms with Gasteiger partial charge in [0, 0.05) is 18.3 Å². The van der Waals surface area contributed by atoms with Gasteiger partial charge in [0.25, 0.3) is 11.5 Å². The molecule has 8 nitrogen and oxygen atoms in total. The number of carbonyl (C=O) groups excluding carboxylic acids is 1. The summed E-state index contributed by atoms with van der Waals surface area (Å²) in [4.78, 5) is 24.3. The quantitative estimate of drug-likeness (QED) is 0.672. The molecule has 0 saturated heterocycles. The summed E-state index contributed by atoms with van der Waals surface area (Å²) in [6.07, 6.45) is -0.645. The summed E-state index contributed by atoms with van der Waals surface area (Å²) in [6.45, 7) is 6.00. The first kappa shape index (κ1) is 19.3. The number of hydrogen-bond donors (Lipinski definition) is 1. The van der Waals surface area contributed by atoms with E-state index in [9.17, 15) is 9.59 Å². The number of aromatic nitrogens is 4. The third kappa shape index (κ3) is 4.64. The number of hydrogen-bond acceptors (Lipinski definition) is 5. The second-order valence-corrected chi connectivity index (χ2v) is 6.46. The standard InChI is InChI=1S/C20H23N5O3/c1-14-13-15(2)25(22-14)18-9-10-19(26)24(23-18)12-11-21-20(27)16(3)28-17-7-5-4-6-8-17/h4-10,13,16H,11-12H2,1-3H3,(H,21,27). The zero-order chi connectivity index (χ0) is 20.1. The van der Waals surface area contributed by atoms with Crippen LogP contribution in [0.5, 0.6) is 5.75 Å². The van der Waals surface area contributed by atoms with Crippen LogP contribution in [0.1, 0.15) is 18.3 Å². The first-order chi connectivity index (χ1) is 13.4. The van der Waals surface area contributed by atoms with Gasteiger partial charge in [-0.2, -0.15) is 5.10 Å². The molecule has 0 aliphatic heterocycles. The van der Waals surface area contributed by atoms with Crippen molar-refractivity contribution in [3.05, 3.63) is 70.3 Å². The molecule has 1 N–H and O–H groups in total. The largest absolute Gasteiger partial charge is 0.481 e. The number of aryl methyl sites for hydroxylation is 2. The van der Waals surface area contributed by atoms with Gasteiger partial charge in [0.15, 0.2) is 11.9 Å². The smallest absolute Gasteiger partial charge is 0.266 e. The molecule has 3 aromatic rings. The number of benzene rings is 1. The highest BCUT2D eigenvalue weighted by atomic mass is 16.5. The van der Waals surface area contributed by atoms with E-state index in [1.165, 1.54) is 10.7 Å². The number of nitrogens with one attached hydrogen (secondary N) is 1. The van der Waals surface area contributed by atoms with Crippen LogP contribution in [0.2, 0.25) is 0 Å². The summed E-state index contributed by atoms with van der Waals surface area (Å²) in [6, 6.07) is 14.2. The zero-order valence-electron chi connectivity index (χ0n) is 16.1. The van der Waals surface area contributed by atoms with Gasteiger partial charge in [-0.05, 0) is 45.0 Å². The fraction of sp³-hybridized carbons (Fsp3) is 0.300. The lowest BCUT2D eigenvalue weighted by atomic mass is 10.3. The van der Waals surface area contributed by atoms with Gasteiger partial charge in [-0.15, -0.1) is 5.10 Å². The highest BCUT2D eigenvalue weighted by molar-refractivity contribution is 5.80. The Labute approximate surface area is 162 Å². The van der Waals surface area contributed by atoms with E-state index in [1.54, 1.807) is 29.8 Å². The van der Waals surface area contributed by atoms with Crippen LogP contribution >= 0.6 is 0 Å². The fourth-order valence-electron chi connectivity index (χ4n) is 2.76. The molecule has 2 aromatic heterocycles. The maximum absolute atomic E-state index is 12.2. The van der Waals surface area contributed by atoms with E-state index in [2.05, 4.69) is 15.5 Å². The second-order valence-electron chi connectivity index (χ2n) is 6.46. The number of carbonyl (C=O) groups is 1. The van der Waals surface area contributed by atoms with E-state index in [-0.39, 0.29) is 24.6 Å². The number of ether oxygens (including phenoxy) is 1. The molecule has 28 heavy (non-hydrogen) atoms. The molecule has 0 aliphatic carbocycles. The third-order valence-corrected chi connectivity index (χ3v) is 4.13. The Bertz CT molecular complexity index is 1010. The fourth-order valence-corrected chi connectivity index (χ4v) is 2.76. The van der Waals surface area contributed by atoms with E-state index in [0.717, 1.165) is 11.4 Å². The lowest BCUT2D eigenvalue weighted by Gasteiger charge is -2.15. The average molecular weight is 381 g/mol. The molecule has 146 valence electrons. The molecule has 1 unspecified atom stereocenters. The number of rotatable bonds is 7. The molecular formula is C20H23N5O3. The Morgan fingerprint density at radius 3 is 2.57 bits per heavy atom. The van der Waals surface area contributed by atoms with Gasteiger partial charge in [-0.1, -0.05) is 18.2 Å². The Morgan fingerprint density at radius 1 is 1.14 bits per heavy atom. The molecule has 1 amide bonds. The Morgan fingerprint density at radius 2 is 1.89 bits per heavy atom. The van der Waals surface area contributed by atoms with Crippen molar-refractivity contribution in [1.29, 1.82) is 0 Å². The summed E-state index contributed by atoms with van der Waals surface area (Å²) < 4.78 is 8.58. The summed E-state index contributed by atoms with van der Waals surface area (Å²) >= 11 is 0. The summed E-state index contributed by atoms with van der Waals surface area (Å²) in [5, 5.41) is 11.5. The van der Waals surface area contributed by atoms with Gasteiger partial charge in [0.1, 0.15) is 5.75 Å². The second kappa shape index (κ2) is 8.51. The van der Waals surface area contributed by atoms with Crippen molar-refractivity contribution in [3.63, 3.8) is 0 Å². The van der Waals surface area contributed by atoms with Gasteiger partial charge >= 0.3 is 0 Å². The zero-order valence-corrected chi connectivity index (χ0v) is 16.1. The normalized spacial score (nSPS) is 11.8. The SMILES string of the molecule is Cc1cc(C)n(-c2ccc(=O)n(CCNC(=O)C(C)Oc3ccccc3)n2)n1. The van der Waals surface area contributed by atoms with E-state index in [0.29, 0.717) is 11.6 Å². The van der Waals surface area contributed by atoms with Crippen LogP contribution in [0, 0.1) is 13.8 Å². The van der Waals surface area contributed by atoms with Gasteiger partial charge < -0.3 is 10.1 Å². The molecule has 1 aromatic carbocycles. The minimum absolute atomic E-state index is 0.242. The van der Waals surface area contributed by atoms with Gasteiger partial charge in [0.05, 0.1) is 12.2 Å². The van der Waals surface area contributed by atoms with Gasteiger partial charge in [-0.25, -0.2) is 9.36 Å². The molecule has 0 radical (unpaired) electrons. The molecule has 0 aliphatic rings. The molecular weight excluding hydrogens is 358 g/mol. The van der Waals surface area contributed by atoms with E-state index < -0.39 is 6.10 Å². The van der Waals surface area contributed by atoms with Gasteiger partial charge in [-0.3, -0.25) is 9.59 Å². The monoisotopic (exact) mass is 381 g/mol. The maximum Gasteiger partial charge on any atom is 0.266 e. The lowest BCUT2D eigenvalue weighted by Crippen LogP contribution is -2.39. The van der Waals surface area contributed by atoms with Crippen LogP contribution in [0.25, 0.3) is 5.82 Å². The molecule has 1 atom stereocenters.